The number of hydrogen-bond donors (Lipinski definition) is 1. The number of nitrogens with one attached hydrogen (secondary N) is 1. The summed E-state index contributed by atoms with van der Waals surface area (Å²) in [6.45, 7) is 8.84. The van der Waals surface area contributed by atoms with Crippen molar-refractivity contribution < 1.29 is 22.9 Å². The van der Waals surface area contributed by atoms with Crippen LogP contribution in [0.2, 0.25) is 0 Å². The van der Waals surface area contributed by atoms with Crippen LogP contribution in [-0.4, -0.2) is 42.7 Å². The molecule has 2 aromatic rings. The van der Waals surface area contributed by atoms with Gasteiger partial charge >= 0.3 is 5.69 Å². The molecule has 10 heteroatoms. The van der Waals surface area contributed by atoms with Crippen LogP contribution in [0, 0.1) is 10.1 Å². The topological polar surface area (TPSA) is 119 Å². The Hall–Kier alpha value is -3.50. The molecule has 2 aromatic carbocycles. The van der Waals surface area contributed by atoms with Crippen LogP contribution in [0.25, 0.3) is 0 Å². The van der Waals surface area contributed by atoms with E-state index in [1.165, 1.54) is 65.8 Å². The quantitative estimate of drug-likeness (QED) is 0.322. The van der Waals surface area contributed by atoms with E-state index in [2.05, 4.69) is 18.5 Å². The monoisotopic (exact) mass is 445 g/mol. The van der Waals surface area contributed by atoms with Crippen molar-refractivity contribution >= 4 is 27.3 Å². The highest BCUT2D eigenvalue weighted by atomic mass is 32.2. The third-order valence-electron chi connectivity index (χ3n) is 4.16. The van der Waals surface area contributed by atoms with Gasteiger partial charge in [0.15, 0.2) is 11.9 Å². The maximum atomic E-state index is 12.7. The summed E-state index contributed by atoms with van der Waals surface area (Å²) in [6.07, 6.45) is 1.93. The van der Waals surface area contributed by atoms with Gasteiger partial charge in [0.05, 0.1) is 9.82 Å². The molecule has 1 atom stereocenters. The van der Waals surface area contributed by atoms with Crippen LogP contribution >= 0.6 is 0 Å². The summed E-state index contributed by atoms with van der Waals surface area (Å²) in [5, 5.41) is 13.7. The Bertz CT molecular complexity index is 1060. The Kier molecular flexibility index (Phi) is 8.06. The van der Waals surface area contributed by atoms with Crippen molar-refractivity contribution in [1.29, 1.82) is 0 Å². The fourth-order valence-electron chi connectivity index (χ4n) is 2.61. The Balaban J connectivity index is 2.10. The van der Waals surface area contributed by atoms with Crippen molar-refractivity contribution in [3.63, 3.8) is 0 Å². The van der Waals surface area contributed by atoms with E-state index >= 15 is 0 Å². The molecule has 0 aromatic heterocycles. The second-order valence-electron chi connectivity index (χ2n) is 6.40. The molecule has 0 aliphatic rings. The normalized spacial score (nSPS) is 12.1. The van der Waals surface area contributed by atoms with E-state index < -0.39 is 27.0 Å². The first kappa shape index (κ1) is 23.8. The highest BCUT2D eigenvalue weighted by molar-refractivity contribution is 7.89. The van der Waals surface area contributed by atoms with Gasteiger partial charge in [0.25, 0.3) is 5.91 Å². The van der Waals surface area contributed by atoms with Gasteiger partial charge in [-0.25, -0.2) is 8.42 Å². The van der Waals surface area contributed by atoms with Crippen LogP contribution in [0.5, 0.6) is 5.75 Å². The lowest BCUT2D eigenvalue weighted by molar-refractivity contribution is -0.386. The van der Waals surface area contributed by atoms with E-state index in [1.807, 2.05) is 0 Å². The van der Waals surface area contributed by atoms with Gasteiger partial charge in [-0.2, -0.15) is 4.31 Å². The Morgan fingerprint density at radius 1 is 1.16 bits per heavy atom. The third-order valence-corrected chi connectivity index (χ3v) is 6.01. The van der Waals surface area contributed by atoms with E-state index in [9.17, 15) is 23.3 Å². The first-order chi connectivity index (χ1) is 14.7. The maximum Gasteiger partial charge on any atom is 0.310 e. The molecule has 1 N–H and O–H groups in total. The first-order valence-corrected chi connectivity index (χ1v) is 10.7. The predicted octanol–water partition coefficient (Wildman–Crippen LogP) is 3.36. The number of para-hydroxylation sites is 2. The van der Waals surface area contributed by atoms with Gasteiger partial charge in [0.1, 0.15) is 0 Å². The lowest BCUT2D eigenvalue weighted by atomic mass is 10.2. The van der Waals surface area contributed by atoms with Crippen LogP contribution in [0.1, 0.15) is 6.92 Å². The summed E-state index contributed by atoms with van der Waals surface area (Å²) in [5.74, 6) is -0.574. The fraction of sp³-hybridized carbons (Fsp3) is 0.190. The van der Waals surface area contributed by atoms with Crippen LogP contribution in [0.4, 0.5) is 11.4 Å². The van der Waals surface area contributed by atoms with E-state index in [-0.39, 0.29) is 29.4 Å². The van der Waals surface area contributed by atoms with E-state index in [0.29, 0.717) is 5.69 Å². The van der Waals surface area contributed by atoms with Gasteiger partial charge in [-0.05, 0) is 37.3 Å². The number of nitro benzene ring substituents is 1. The number of amides is 1. The minimum atomic E-state index is -3.75. The van der Waals surface area contributed by atoms with Crippen LogP contribution in [0.3, 0.4) is 0 Å². The molecule has 164 valence electrons. The van der Waals surface area contributed by atoms with E-state index in [1.54, 1.807) is 6.07 Å². The molecule has 0 saturated carbocycles. The average Bonchev–Trinajstić information content (AvgIpc) is 2.74. The summed E-state index contributed by atoms with van der Waals surface area (Å²) in [6, 6.07) is 11.4. The fourth-order valence-corrected chi connectivity index (χ4v) is 4.00. The van der Waals surface area contributed by atoms with Crippen molar-refractivity contribution in [2.75, 3.05) is 18.4 Å². The van der Waals surface area contributed by atoms with Gasteiger partial charge in [-0.15, -0.1) is 13.2 Å². The molecule has 2 rings (SSSR count). The zero-order chi connectivity index (χ0) is 23.0. The Morgan fingerprint density at radius 2 is 1.74 bits per heavy atom. The minimum Gasteiger partial charge on any atom is -0.474 e. The summed E-state index contributed by atoms with van der Waals surface area (Å²) in [5.41, 5.74) is 0.0984. The van der Waals surface area contributed by atoms with Crippen molar-refractivity contribution in [3.05, 3.63) is 84.0 Å². The van der Waals surface area contributed by atoms with E-state index in [0.717, 1.165) is 0 Å². The number of rotatable bonds is 11. The lowest BCUT2D eigenvalue weighted by Gasteiger charge is -2.19. The zero-order valence-electron chi connectivity index (χ0n) is 16.9. The number of nitrogens with zero attached hydrogens (tertiary/aromatic N) is 2. The zero-order valence-corrected chi connectivity index (χ0v) is 17.7. The van der Waals surface area contributed by atoms with Crippen LogP contribution in [-0.2, 0) is 14.8 Å². The number of sulfonamides is 1. The molecule has 1 amide bonds. The Morgan fingerprint density at radius 3 is 2.29 bits per heavy atom. The SMILES string of the molecule is C=CCN(CC=C)S(=O)(=O)c1ccc(NC(=O)[C@H](C)Oc2ccccc2[N+](=O)[O-])cc1. The molecule has 0 heterocycles. The number of benzene rings is 2. The number of anilines is 1. The first-order valence-electron chi connectivity index (χ1n) is 9.23. The minimum absolute atomic E-state index is 0.0267. The third kappa shape index (κ3) is 6.00. The van der Waals surface area contributed by atoms with Gasteiger partial charge in [0.2, 0.25) is 10.0 Å². The van der Waals surface area contributed by atoms with Crippen molar-refractivity contribution in [2.45, 2.75) is 17.9 Å². The number of carbonyl (C=O) groups excluding carboxylic acids is 1. The molecular formula is C21H23N3O6S. The number of hydrogen-bond acceptors (Lipinski definition) is 6. The van der Waals surface area contributed by atoms with Crippen molar-refractivity contribution in [1.82, 2.24) is 4.31 Å². The summed E-state index contributed by atoms with van der Waals surface area (Å²) in [4.78, 5) is 22.9. The largest absolute Gasteiger partial charge is 0.474 e. The molecule has 0 aliphatic heterocycles. The van der Waals surface area contributed by atoms with Crippen molar-refractivity contribution in [2.24, 2.45) is 0 Å². The molecule has 0 aliphatic carbocycles. The van der Waals surface area contributed by atoms with Gasteiger partial charge in [0, 0.05) is 24.8 Å². The smallest absolute Gasteiger partial charge is 0.310 e. The molecule has 0 radical (unpaired) electrons. The van der Waals surface area contributed by atoms with Gasteiger partial charge < -0.3 is 10.1 Å². The molecule has 0 fully saturated rings. The van der Waals surface area contributed by atoms with Crippen molar-refractivity contribution in [3.8, 4) is 5.75 Å². The molecular weight excluding hydrogens is 422 g/mol. The standard InChI is InChI=1S/C21H23N3O6S/c1-4-14-23(15-5-2)31(28,29)18-12-10-17(11-13-18)22-21(25)16(3)30-20-9-7-6-8-19(20)24(26)27/h4-13,16H,1-2,14-15H2,3H3,(H,22,25)/t16-/m0/s1. The van der Waals surface area contributed by atoms with Crippen LogP contribution in [0.15, 0.2) is 78.7 Å². The molecule has 0 spiro atoms. The number of nitro groups is 1. The van der Waals surface area contributed by atoms with Gasteiger partial charge in [-0.1, -0.05) is 24.3 Å². The summed E-state index contributed by atoms with van der Waals surface area (Å²) in [7, 11) is -3.75. The number of carbonyl (C=O) groups is 1. The number of ether oxygens (including phenoxy) is 1. The van der Waals surface area contributed by atoms with Crippen LogP contribution < -0.4 is 10.1 Å². The second-order valence-corrected chi connectivity index (χ2v) is 8.34. The predicted molar refractivity (Wildman–Crippen MR) is 117 cm³/mol. The van der Waals surface area contributed by atoms with Gasteiger partial charge in [-0.3, -0.25) is 14.9 Å². The average molecular weight is 445 g/mol. The molecule has 31 heavy (non-hydrogen) atoms. The lowest BCUT2D eigenvalue weighted by Crippen LogP contribution is -2.31. The van der Waals surface area contributed by atoms with E-state index in [4.69, 9.17) is 4.74 Å². The molecule has 0 unspecified atom stereocenters. The summed E-state index contributed by atoms with van der Waals surface area (Å²) < 4.78 is 32.1. The molecule has 0 bridgehead atoms. The highest BCUT2D eigenvalue weighted by Crippen LogP contribution is 2.27. The maximum absolute atomic E-state index is 12.7. The Labute approximate surface area is 180 Å². The summed E-state index contributed by atoms with van der Waals surface area (Å²) >= 11 is 0. The molecule has 0 saturated heterocycles. The highest BCUT2D eigenvalue weighted by Gasteiger charge is 2.23. The second kappa shape index (κ2) is 10.5. The molecule has 9 nitrogen and oxygen atoms in total.